The number of carbonyl (C=O) groups is 2. The monoisotopic (exact) mass is 388 g/mol. The van der Waals surface area contributed by atoms with Crippen LogP contribution in [0, 0.1) is 0 Å². The second-order valence-corrected chi connectivity index (χ2v) is 6.46. The minimum Gasteiger partial charge on any atom is -0.507 e. The molecular weight excluding hydrogens is 376 g/mol. The van der Waals surface area contributed by atoms with Gasteiger partial charge in [0, 0.05) is 6.07 Å². The SMILES string of the molecule is Nc1c2c(cc(=O)n1-c1ccc(O)c(-c3nc4ccccc4o3)c1)C(=O)NC2=O. The summed E-state index contributed by atoms with van der Waals surface area (Å²) in [6.07, 6.45) is 0. The number of aromatic hydroxyl groups is 1. The molecule has 29 heavy (non-hydrogen) atoms. The number of imide groups is 1. The van der Waals surface area contributed by atoms with Gasteiger partial charge in [-0.25, -0.2) is 4.98 Å². The molecule has 4 N–H and O–H groups in total. The number of para-hydroxylation sites is 2. The number of nitrogens with one attached hydrogen (secondary N) is 1. The van der Waals surface area contributed by atoms with Crippen LogP contribution >= 0.6 is 0 Å². The summed E-state index contributed by atoms with van der Waals surface area (Å²) in [5, 5.41) is 12.4. The van der Waals surface area contributed by atoms with Crippen molar-refractivity contribution in [2.45, 2.75) is 0 Å². The lowest BCUT2D eigenvalue weighted by Crippen LogP contribution is -2.24. The summed E-state index contributed by atoms with van der Waals surface area (Å²) in [7, 11) is 0. The Morgan fingerprint density at radius 3 is 2.59 bits per heavy atom. The average molecular weight is 388 g/mol. The van der Waals surface area contributed by atoms with Crippen LogP contribution < -0.4 is 16.6 Å². The molecule has 0 saturated carbocycles. The van der Waals surface area contributed by atoms with Crippen molar-refractivity contribution < 1.29 is 19.1 Å². The van der Waals surface area contributed by atoms with Gasteiger partial charge in [-0.2, -0.15) is 0 Å². The van der Waals surface area contributed by atoms with E-state index in [-0.39, 0.29) is 39.8 Å². The Labute approximate surface area is 162 Å². The van der Waals surface area contributed by atoms with Gasteiger partial charge < -0.3 is 15.3 Å². The number of nitrogen functional groups attached to an aromatic ring is 1. The highest BCUT2D eigenvalue weighted by Gasteiger charge is 2.32. The number of nitrogens with zero attached hydrogens (tertiary/aromatic N) is 2. The highest BCUT2D eigenvalue weighted by molar-refractivity contribution is 6.23. The third-order valence-corrected chi connectivity index (χ3v) is 4.72. The first-order valence-electron chi connectivity index (χ1n) is 8.54. The van der Waals surface area contributed by atoms with Gasteiger partial charge in [0.1, 0.15) is 17.1 Å². The smallest absolute Gasteiger partial charge is 0.262 e. The molecule has 5 rings (SSSR count). The third-order valence-electron chi connectivity index (χ3n) is 4.72. The summed E-state index contributed by atoms with van der Waals surface area (Å²) in [4.78, 5) is 40.8. The molecule has 2 aromatic carbocycles. The first kappa shape index (κ1) is 16.8. The summed E-state index contributed by atoms with van der Waals surface area (Å²) in [6, 6.07) is 12.5. The largest absolute Gasteiger partial charge is 0.507 e. The van der Waals surface area contributed by atoms with Crippen LogP contribution in [0.15, 0.2) is 57.7 Å². The van der Waals surface area contributed by atoms with E-state index in [1.807, 2.05) is 6.07 Å². The molecule has 0 bridgehead atoms. The molecule has 1 aliphatic heterocycles. The number of hydrogen-bond acceptors (Lipinski definition) is 7. The van der Waals surface area contributed by atoms with Gasteiger partial charge in [-0.05, 0) is 30.3 Å². The lowest BCUT2D eigenvalue weighted by Gasteiger charge is -2.13. The number of oxazole rings is 1. The zero-order chi connectivity index (χ0) is 20.3. The second-order valence-electron chi connectivity index (χ2n) is 6.46. The first-order valence-corrected chi connectivity index (χ1v) is 8.54. The van der Waals surface area contributed by atoms with E-state index in [1.54, 1.807) is 18.2 Å². The van der Waals surface area contributed by atoms with E-state index >= 15 is 0 Å². The van der Waals surface area contributed by atoms with Crippen LogP contribution in [0.5, 0.6) is 5.75 Å². The number of pyridine rings is 1. The summed E-state index contributed by atoms with van der Waals surface area (Å²) in [5.41, 5.74) is 7.00. The number of nitrogens with two attached hydrogens (primary N) is 1. The Morgan fingerprint density at radius 1 is 1.00 bits per heavy atom. The Bertz CT molecular complexity index is 1380. The van der Waals surface area contributed by atoms with Crippen molar-refractivity contribution in [1.82, 2.24) is 14.9 Å². The van der Waals surface area contributed by atoms with E-state index in [4.69, 9.17) is 10.2 Å². The average Bonchev–Trinajstić information content (AvgIpc) is 3.23. The van der Waals surface area contributed by atoms with E-state index in [0.29, 0.717) is 11.1 Å². The molecule has 0 fully saturated rings. The van der Waals surface area contributed by atoms with Crippen molar-refractivity contribution in [2.24, 2.45) is 0 Å². The summed E-state index contributed by atoms with van der Waals surface area (Å²) in [6.45, 7) is 0. The normalized spacial score (nSPS) is 13.0. The predicted molar refractivity (Wildman–Crippen MR) is 103 cm³/mol. The van der Waals surface area contributed by atoms with E-state index < -0.39 is 17.4 Å². The van der Waals surface area contributed by atoms with Gasteiger partial charge in [-0.15, -0.1) is 0 Å². The molecule has 4 aromatic rings. The van der Waals surface area contributed by atoms with E-state index in [9.17, 15) is 19.5 Å². The maximum atomic E-state index is 12.6. The van der Waals surface area contributed by atoms with Crippen molar-refractivity contribution in [3.05, 3.63) is 70.0 Å². The quantitative estimate of drug-likeness (QED) is 0.445. The van der Waals surface area contributed by atoms with Crippen molar-refractivity contribution in [3.8, 4) is 22.9 Å². The van der Waals surface area contributed by atoms with E-state index in [2.05, 4.69) is 10.3 Å². The van der Waals surface area contributed by atoms with Gasteiger partial charge in [0.25, 0.3) is 17.4 Å². The molecule has 0 unspecified atom stereocenters. The van der Waals surface area contributed by atoms with Crippen LogP contribution in [0.1, 0.15) is 20.7 Å². The number of anilines is 1. The maximum Gasteiger partial charge on any atom is 0.262 e. The summed E-state index contributed by atoms with van der Waals surface area (Å²) in [5.74, 6) is -1.47. The van der Waals surface area contributed by atoms with Gasteiger partial charge in [-0.1, -0.05) is 12.1 Å². The van der Waals surface area contributed by atoms with E-state index in [1.165, 1.54) is 18.2 Å². The number of aromatic nitrogens is 2. The lowest BCUT2D eigenvalue weighted by molar-refractivity contribution is 0.0880. The number of phenolic OH excluding ortho intramolecular Hbond substituents is 1. The van der Waals surface area contributed by atoms with Crippen LogP contribution in [0.25, 0.3) is 28.2 Å². The molecule has 0 radical (unpaired) electrons. The molecule has 2 amide bonds. The zero-order valence-electron chi connectivity index (χ0n) is 14.7. The molecule has 0 aliphatic carbocycles. The Kier molecular flexibility index (Phi) is 3.35. The fourth-order valence-corrected chi connectivity index (χ4v) is 3.37. The van der Waals surface area contributed by atoms with Crippen molar-refractivity contribution in [2.75, 3.05) is 5.73 Å². The van der Waals surface area contributed by atoms with Gasteiger partial charge in [0.05, 0.1) is 22.4 Å². The molecule has 0 spiro atoms. The van der Waals surface area contributed by atoms with Crippen LogP contribution in [-0.2, 0) is 0 Å². The standard InChI is InChI=1S/C20H12N4O5/c21-17-16-11(18(27)23-19(16)28)8-15(26)24(17)9-5-6-13(25)10(7-9)20-22-12-3-1-2-4-14(12)29-20/h1-8,25H,21H2,(H,23,27,28). The molecule has 9 heteroatoms. The number of rotatable bonds is 2. The molecule has 0 atom stereocenters. The highest BCUT2D eigenvalue weighted by Crippen LogP contribution is 2.33. The van der Waals surface area contributed by atoms with Crippen molar-refractivity contribution in [1.29, 1.82) is 0 Å². The minimum absolute atomic E-state index is 0.0632. The Hall–Kier alpha value is -4.40. The number of benzene rings is 2. The zero-order valence-corrected chi connectivity index (χ0v) is 14.7. The van der Waals surface area contributed by atoms with Crippen molar-refractivity contribution in [3.63, 3.8) is 0 Å². The van der Waals surface area contributed by atoms with Gasteiger partial charge in [0.2, 0.25) is 5.89 Å². The maximum absolute atomic E-state index is 12.6. The van der Waals surface area contributed by atoms with Crippen molar-refractivity contribution >= 4 is 28.7 Å². The fraction of sp³-hybridized carbons (Fsp3) is 0. The molecular formula is C20H12N4O5. The number of hydrogen-bond donors (Lipinski definition) is 3. The fourth-order valence-electron chi connectivity index (χ4n) is 3.37. The number of carbonyl (C=O) groups excluding carboxylic acids is 2. The summed E-state index contributed by atoms with van der Waals surface area (Å²) >= 11 is 0. The van der Waals surface area contributed by atoms with Crippen LogP contribution in [0.2, 0.25) is 0 Å². The number of amides is 2. The second kappa shape index (κ2) is 5.80. The minimum atomic E-state index is -0.672. The molecule has 142 valence electrons. The molecule has 1 aliphatic rings. The highest BCUT2D eigenvalue weighted by atomic mass is 16.3. The van der Waals surface area contributed by atoms with E-state index in [0.717, 1.165) is 10.6 Å². The number of phenols is 1. The topological polar surface area (TPSA) is 140 Å². The molecule has 0 saturated heterocycles. The molecule has 3 heterocycles. The predicted octanol–water partition coefficient (Wildman–Crippen LogP) is 1.82. The Morgan fingerprint density at radius 2 is 1.79 bits per heavy atom. The van der Waals surface area contributed by atoms with Gasteiger partial charge in [-0.3, -0.25) is 24.3 Å². The summed E-state index contributed by atoms with van der Waals surface area (Å²) < 4.78 is 6.78. The third kappa shape index (κ3) is 2.41. The first-order chi connectivity index (χ1) is 13.9. The lowest BCUT2D eigenvalue weighted by atomic mass is 10.1. The Balaban J connectivity index is 1.72. The molecule has 2 aromatic heterocycles. The van der Waals surface area contributed by atoms with Gasteiger partial charge in [0.15, 0.2) is 5.58 Å². The van der Waals surface area contributed by atoms with Crippen LogP contribution in [0.3, 0.4) is 0 Å². The van der Waals surface area contributed by atoms with Crippen LogP contribution in [0.4, 0.5) is 5.82 Å². The number of fused-ring (bicyclic) bond motifs is 2. The van der Waals surface area contributed by atoms with Crippen LogP contribution in [-0.4, -0.2) is 26.5 Å². The van der Waals surface area contributed by atoms with Gasteiger partial charge >= 0.3 is 0 Å². The molecule has 9 nitrogen and oxygen atoms in total.